The number of cyclic esters (lactones) is 1. The molecule has 0 aliphatic carbocycles. The van der Waals surface area contributed by atoms with E-state index in [4.69, 9.17) is 14.3 Å². The monoisotopic (exact) mass is 472 g/mol. The van der Waals surface area contributed by atoms with Gasteiger partial charge in [-0.15, -0.1) is 11.8 Å². The molecule has 0 atom stereocenters. The lowest BCUT2D eigenvalue weighted by molar-refractivity contribution is -0.136. The van der Waals surface area contributed by atoms with Crippen LogP contribution in [0.1, 0.15) is 47.3 Å². The van der Waals surface area contributed by atoms with Gasteiger partial charge >= 0.3 is 6.09 Å². The van der Waals surface area contributed by atoms with Crippen LogP contribution in [0, 0.1) is 6.92 Å². The number of ketones is 1. The van der Waals surface area contributed by atoms with E-state index in [9.17, 15) is 14.4 Å². The van der Waals surface area contributed by atoms with Gasteiger partial charge in [-0.3, -0.25) is 9.59 Å². The van der Waals surface area contributed by atoms with Crippen molar-refractivity contribution in [1.29, 1.82) is 0 Å². The summed E-state index contributed by atoms with van der Waals surface area (Å²) in [7, 11) is 3.11. The van der Waals surface area contributed by atoms with Gasteiger partial charge in [0.2, 0.25) is 5.88 Å². The van der Waals surface area contributed by atoms with Gasteiger partial charge in [0.1, 0.15) is 12.7 Å². The molecule has 2 aliphatic rings. The molecule has 1 saturated heterocycles. The lowest BCUT2D eigenvalue weighted by Gasteiger charge is -2.21. The SMILES string of the molecule is CON=C1CCSc2ccc(C(=O)c3cnn(C)c3OCN3C(=O)OC(C)(C)C3=O)c(C)c21. The Morgan fingerprint density at radius 1 is 1.30 bits per heavy atom. The zero-order valence-corrected chi connectivity index (χ0v) is 19.8. The quantitative estimate of drug-likeness (QED) is 0.466. The summed E-state index contributed by atoms with van der Waals surface area (Å²) in [6.07, 6.45) is 1.35. The van der Waals surface area contributed by atoms with Gasteiger partial charge in [0, 0.05) is 35.2 Å². The van der Waals surface area contributed by atoms with Crippen LogP contribution in [0.15, 0.2) is 28.4 Å². The molecule has 2 aromatic rings. The molecule has 0 unspecified atom stereocenters. The largest absolute Gasteiger partial charge is 0.455 e. The zero-order valence-electron chi connectivity index (χ0n) is 19.0. The van der Waals surface area contributed by atoms with E-state index in [1.807, 2.05) is 13.0 Å². The first kappa shape index (κ1) is 22.8. The molecule has 174 valence electrons. The Hall–Kier alpha value is -3.34. The minimum absolute atomic E-state index is 0.141. The van der Waals surface area contributed by atoms with E-state index in [0.29, 0.717) is 5.56 Å². The fourth-order valence-electron chi connectivity index (χ4n) is 3.86. The summed E-state index contributed by atoms with van der Waals surface area (Å²) in [6.45, 7) is 4.49. The van der Waals surface area contributed by atoms with E-state index in [0.717, 1.165) is 38.8 Å². The maximum atomic E-state index is 13.5. The van der Waals surface area contributed by atoms with E-state index in [-0.39, 0.29) is 17.2 Å². The minimum atomic E-state index is -1.26. The van der Waals surface area contributed by atoms with Crippen LogP contribution in [0.25, 0.3) is 0 Å². The molecule has 0 saturated carbocycles. The Morgan fingerprint density at radius 2 is 2.06 bits per heavy atom. The fraction of sp³-hybridized carbons (Fsp3) is 0.409. The standard InChI is InChI=1S/C22H24N4O6S/c1-12-13(6-7-16-17(12)15(24-30-5)8-9-33-16)18(27)14-10-23-25(4)19(14)31-11-26-20(28)22(2,3)32-21(26)29/h6-7,10H,8-9,11H2,1-5H3. The maximum Gasteiger partial charge on any atom is 0.420 e. The number of thioether (sulfide) groups is 1. The van der Waals surface area contributed by atoms with E-state index in [1.165, 1.54) is 31.8 Å². The Labute approximate surface area is 194 Å². The van der Waals surface area contributed by atoms with Crippen molar-refractivity contribution in [3.63, 3.8) is 0 Å². The lowest BCUT2D eigenvalue weighted by Crippen LogP contribution is -2.38. The first-order valence-electron chi connectivity index (χ1n) is 10.3. The highest BCUT2D eigenvalue weighted by molar-refractivity contribution is 7.99. The third-order valence-electron chi connectivity index (χ3n) is 5.54. The smallest absolute Gasteiger partial charge is 0.420 e. The molecule has 11 heteroatoms. The molecule has 0 N–H and O–H groups in total. The van der Waals surface area contributed by atoms with Crippen LogP contribution in [0.4, 0.5) is 4.79 Å². The van der Waals surface area contributed by atoms with Crippen LogP contribution in [0.3, 0.4) is 0 Å². The Balaban J connectivity index is 1.64. The average Bonchev–Trinajstić information content (AvgIpc) is 3.22. The number of carbonyl (C=O) groups is 3. The first-order chi connectivity index (χ1) is 15.7. The minimum Gasteiger partial charge on any atom is -0.455 e. The van der Waals surface area contributed by atoms with Crippen molar-refractivity contribution in [3.8, 4) is 5.88 Å². The van der Waals surface area contributed by atoms with Gasteiger partial charge in [0.15, 0.2) is 18.1 Å². The van der Waals surface area contributed by atoms with Gasteiger partial charge in [-0.25, -0.2) is 14.4 Å². The molecule has 2 amide bonds. The number of imide groups is 1. The van der Waals surface area contributed by atoms with Crippen LogP contribution in [0.5, 0.6) is 5.88 Å². The van der Waals surface area contributed by atoms with Crippen molar-refractivity contribution in [2.24, 2.45) is 12.2 Å². The van der Waals surface area contributed by atoms with E-state index < -0.39 is 24.3 Å². The van der Waals surface area contributed by atoms with E-state index in [1.54, 1.807) is 24.9 Å². The summed E-state index contributed by atoms with van der Waals surface area (Å²) >= 11 is 1.71. The van der Waals surface area contributed by atoms with Crippen LogP contribution in [-0.4, -0.2) is 63.4 Å². The summed E-state index contributed by atoms with van der Waals surface area (Å²) in [5, 5.41) is 8.29. The molecule has 0 bridgehead atoms. The van der Waals surface area contributed by atoms with Crippen molar-refractivity contribution in [2.45, 2.75) is 37.7 Å². The molecule has 3 heterocycles. The molecule has 2 aliphatic heterocycles. The third-order valence-corrected chi connectivity index (χ3v) is 6.60. The van der Waals surface area contributed by atoms with Crippen molar-refractivity contribution in [3.05, 3.63) is 40.6 Å². The van der Waals surface area contributed by atoms with E-state index >= 15 is 0 Å². The number of aromatic nitrogens is 2. The lowest BCUT2D eigenvalue weighted by atomic mass is 9.93. The molecular weight excluding hydrogens is 448 g/mol. The highest BCUT2D eigenvalue weighted by Gasteiger charge is 2.47. The number of hydrogen-bond acceptors (Lipinski definition) is 9. The maximum absolute atomic E-state index is 13.5. The molecule has 1 aromatic heterocycles. The second-order valence-electron chi connectivity index (χ2n) is 8.13. The number of nitrogens with zero attached hydrogens (tertiary/aromatic N) is 4. The predicted octanol–water partition coefficient (Wildman–Crippen LogP) is 2.90. The van der Waals surface area contributed by atoms with Crippen molar-refractivity contribution < 1.29 is 28.7 Å². The highest BCUT2D eigenvalue weighted by Crippen LogP contribution is 2.35. The Kier molecular flexibility index (Phi) is 5.91. The normalized spacial score (nSPS) is 18.3. The second-order valence-corrected chi connectivity index (χ2v) is 9.27. The van der Waals surface area contributed by atoms with Crippen molar-refractivity contribution in [2.75, 3.05) is 19.6 Å². The summed E-state index contributed by atoms with van der Waals surface area (Å²) in [4.78, 5) is 44.8. The van der Waals surface area contributed by atoms with Crippen LogP contribution in [0.2, 0.25) is 0 Å². The van der Waals surface area contributed by atoms with Gasteiger partial charge < -0.3 is 14.3 Å². The molecule has 10 nitrogen and oxygen atoms in total. The summed E-state index contributed by atoms with van der Waals surface area (Å²) in [5.74, 6) is 0.219. The number of benzene rings is 1. The van der Waals surface area contributed by atoms with Gasteiger partial charge in [-0.2, -0.15) is 5.10 Å². The Bertz CT molecular complexity index is 1190. The number of fused-ring (bicyclic) bond motifs is 1. The molecule has 0 radical (unpaired) electrons. The fourth-order valence-corrected chi connectivity index (χ4v) is 4.95. The van der Waals surface area contributed by atoms with Gasteiger partial charge in [-0.1, -0.05) is 5.16 Å². The second kappa shape index (κ2) is 8.54. The van der Waals surface area contributed by atoms with Gasteiger partial charge in [0.05, 0.1) is 11.9 Å². The number of ether oxygens (including phenoxy) is 2. The number of carbonyl (C=O) groups excluding carboxylic acids is 3. The average molecular weight is 473 g/mol. The zero-order chi connectivity index (χ0) is 23.9. The topological polar surface area (TPSA) is 112 Å². The van der Waals surface area contributed by atoms with Gasteiger partial charge in [0.25, 0.3) is 5.91 Å². The predicted molar refractivity (Wildman–Crippen MR) is 120 cm³/mol. The summed E-state index contributed by atoms with van der Waals surface area (Å²) in [5.41, 5.74) is 1.93. The summed E-state index contributed by atoms with van der Waals surface area (Å²) < 4.78 is 12.2. The highest BCUT2D eigenvalue weighted by atomic mass is 32.2. The van der Waals surface area contributed by atoms with Crippen LogP contribution >= 0.6 is 11.8 Å². The third kappa shape index (κ3) is 3.97. The number of hydrogen-bond donors (Lipinski definition) is 0. The molecule has 1 aromatic carbocycles. The van der Waals surface area contributed by atoms with Crippen LogP contribution < -0.4 is 4.74 Å². The van der Waals surface area contributed by atoms with Crippen LogP contribution in [-0.2, 0) is 21.4 Å². The molecule has 33 heavy (non-hydrogen) atoms. The molecule has 4 rings (SSSR count). The molecule has 0 spiro atoms. The Morgan fingerprint density at radius 3 is 2.73 bits per heavy atom. The number of oxime groups is 1. The number of rotatable bonds is 6. The molecule has 1 fully saturated rings. The summed E-state index contributed by atoms with van der Waals surface area (Å²) in [6, 6.07) is 3.68. The molecular formula is C22H24N4O6S. The first-order valence-corrected chi connectivity index (χ1v) is 11.3. The van der Waals surface area contributed by atoms with Crippen molar-refractivity contribution in [1.82, 2.24) is 14.7 Å². The van der Waals surface area contributed by atoms with E-state index in [2.05, 4.69) is 10.3 Å². The van der Waals surface area contributed by atoms with Crippen molar-refractivity contribution >= 4 is 35.3 Å². The number of amides is 2. The number of aryl methyl sites for hydroxylation is 1. The van der Waals surface area contributed by atoms with Gasteiger partial charge in [-0.05, 0) is 38.5 Å².